The molecule has 0 aliphatic carbocycles. The second-order valence-electron chi connectivity index (χ2n) is 3.38. The van der Waals surface area contributed by atoms with Gasteiger partial charge in [0.25, 0.3) is 0 Å². The number of fused-ring (bicyclic) bond motifs is 1. The maximum absolute atomic E-state index is 11.2. The van der Waals surface area contributed by atoms with E-state index in [4.69, 9.17) is 20.8 Å². The molecular formula is C12H11ClO3. The summed E-state index contributed by atoms with van der Waals surface area (Å²) in [6.45, 7) is 2.15. The number of hydrogen-bond donors (Lipinski definition) is 0. The van der Waals surface area contributed by atoms with E-state index < -0.39 is 0 Å². The molecule has 1 heterocycles. The van der Waals surface area contributed by atoms with Gasteiger partial charge in [-0.3, -0.25) is 4.79 Å². The van der Waals surface area contributed by atoms with Crippen LogP contribution in [0.5, 0.6) is 0 Å². The van der Waals surface area contributed by atoms with Crippen LogP contribution in [0.2, 0.25) is 5.02 Å². The van der Waals surface area contributed by atoms with Crippen molar-refractivity contribution in [1.29, 1.82) is 0 Å². The SMILES string of the molecule is CCOC(=O)Cc1cc2cc(Cl)ccc2o1. The molecule has 0 saturated carbocycles. The van der Waals surface area contributed by atoms with Crippen molar-refractivity contribution in [2.24, 2.45) is 0 Å². The second kappa shape index (κ2) is 4.58. The van der Waals surface area contributed by atoms with Gasteiger partial charge in [0.1, 0.15) is 17.8 Å². The first-order chi connectivity index (χ1) is 7.69. The lowest BCUT2D eigenvalue weighted by Gasteiger charge is -1.97. The summed E-state index contributed by atoms with van der Waals surface area (Å²) in [6, 6.07) is 7.14. The van der Waals surface area contributed by atoms with Crippen molar-refractivity contribution in [1.82, 2.24) is 0 Å². The van der Waals surface area contributed by atoms with E-state index in [2.05, 4.69) is 0 Å². The van der Waals surface area contributed by atoms with Gasteiger partial charge in [-0.05, 0) is 31.2 Å². The molecule has 1 aromatic heterocycles. The van der Waals surface area contributed by atoms with Crippen LogP contribution in [0.25, 0.3) is 11.0 Å². The largest absolute Gasteiger partial charge is 0.466 e. The van der Waals surface area contributed by atoms with Gasteiger partial charge in [-0.1, -0.05) is 11.6 Å². The molecule has 2 rings (SSSR count). The maximum atomic E-state index is 11.2. The minimum absolute atomic E-state index is 0.153. The van der Waals surface area contributed by atoms with Crippen LogP contribution in [-0.2, 0) is 16.0 Å². The fourth-order valence-corrected chi connectivity index (χ4v) is 1.69. The molecule has 0 saturated heterocycles. The van der Waals surface area contributed by atoms with Gasteiger partial charge in [0.05, 0.1) is 6.61 Å². The van der Waals surface area contributed by atoms with Crippen molar-refractivity contribution in [2.75, 3.05) is 6.61 Å². The van der Waals surface area contributed by atoms with E-state index in [1.165, 1.54) is 0 Å². The van der Waals surface area contributed by atoms with Gasteiger partial charge in [-0.2, -0.15) is 0 Å². The Bertz CT molecular complexity index is 516. The van der Waals surface area contributed by atoms with Gasteiger partial charge in [0.15, 0.2) is 0 Å². The number of carbonyl (C=O) groups excluding carboxylic acids is 1. The predicted octanol–water partition coefficient (Wildman–Crippen LogP) is 3.19. The number of benzene rings is 1. The summed E-state index contributed by atoms with van der Waals surface area (Å²) in [7, 11) is 0. The van der Waals surface area contributed by atoms with Crippen molar-refractivity contribution in [2.45, 2.75) is 13.3 Å². The van der Waals surface area contributed by atoms with E-state index in [1.807, 2.05) is 0 Å². The van der Waals surface area contributed by atoms with E-state index in [1.54, 1.807) is 31.2 Å². The smallest absolute Gasteiger partial charge is 0.313 e. The Hall–Kier alpha value is -1.48. The van der Waals surface area contributed by atoms with Crippen LogP contribution in [0.3, 0.4) is 0 Å². The lowest BCUT2D eigenvalue weighted by Crippen LogP contribution is -2.06. The van der Waals surface area contributed by atoms with Crippen LogP contribution in [0.1, 0.15) is 12.7 Å². The quantitative estimate of drug-likeness (QED) is 0.771. The molecule has 0 aliphatic heterocycles. The molecule has 0 fully saturated rings. The van der Waals surface area contributed by atoms with Gasteiger partial charge in [-0.15, -0.1) is 0 Å². The minimum atomic E-state index is -0.285. The molecule has 2 aromatic rings. The number of ether oxygens (including phenoxy) is 1. The van der Waals surface area contributed by atoms with Gasteiger partial charge >= 0.3 is 5.97 Å². The Morgan fingerprint density at radius 2 is 2.25 bits per heavy atom. The second-order valence-corrected chi connectivity index (χ2v) is 3.81. The zero-order valence-corrected chi connectivity index (χ0v) is 9.58. The lowest BCUT2D eigenvalue weighted by atomic mass is 10.2. The third-order valence-corrected chi connectivity index (χ3v) is 2.39. The molecule has 0 unspecified atom stereocenters. The molecule has 0 N–H and O–H groups in total. The molecular weight excluding hydrogens is 228 g/mol. The summed E-state index contributed by atoms with van der Waals surface area (Å²) < 4.78 is 10.3. The van der Waals surface area contributed by atoms with E-state index in [9.17, 15) is 4.79 Å². The topological polar surface area (TPSA) is 39.4 Å². The standard InChI is InChI=1S/C12H11ClO3/c1-2-15-12(14)7-10-6-8-5-9(13)3-4-11(8)16-10/h3-6H,2,7H2,1H3. The van der Waals surface area contributed by atoms with Crippen LogP contribution in [0, 0.1) is 0 Å². The van der Waals surface area contributed by atoms with Crippen LogP contribution in [0.15, 0.2) is 28.7 Å². The summed E-state index contributed by atoms with van der Waals surface area (Å²) >= 11 is 5.85. The van der Waals surface area contributed by atoms with Crippen LogP contribution < -0.4 is 0 Å². The average molecular weight is 239 g/mol. The molecule has 84 valence electrons. The molecule has 3 nitrogen and oxygen atoms in total. The zero-order chi connectivity index (χ0) is 11.5. The van der Waals surface area contributed by atoms with E-state index in [0.717, 1.165) is 11.0 Å². The molecule has 1 aromatic carbocycles. The normalized spacial score (nSPS) is 10.6. The molecule has 0 radical (unpaired) electrons. The Labute approximate surface area is 97.9 Å². The highest BCUT2D eigenvalue weighted by atomic mass is 35.5. The summed E-state index contributed by atoms with van der Waals surface area (Å²) in [5.74, 6) is 0.309. The predicted molar refractivity (Wildman–Crippen MR) is 61.6 cm³/mol. The average Bonchev–Trinajstić information content (AvgIpc) is 2.59. The zero-order valence-electron chi connectivity index (χ0n) is 8.83. The maximum Gasteiger partial charge on any atom is 0.313 e. The summed E-state index contributed by atoms with van der Waals surface area (Å²) in [5.41, 5.74) is 0.726. The van der Waals surface area contributed by atoms with E-state index in [-0.39, 0.29) is 12.4 Å². The highest BCUT2D eigenvalue weighted by Crippen LogP contribution is 2.23. The number of furan rings is 1. The Morgan fingerprint density at radius 1 is 1.44 bits per heavy atom. The first-order valence-electron chi connectivity index (χ1n) is 5.02. The van der Waals surface area contributed by atoms with Gasteiger partial charge in [0, 0.05) is 10.4 Å². The van der Waals surface area contributed by atoms with Crippen molar-refractivity contribution in [3.63, 3.8) is 0 Å². The third kappa shape index (κ3) is 2.36. The number of esters is 1. The number of rotatable bonds is 3. The van der Waals surface area contributed by atoms with Crippen molar-refractivity contribution >= 4 is 28.5 Å². The van der Waals surface area contributed by atoms with Crippen molar-refractivity contribution in [3.05, 3.63) is 35.0 Å². The molecule has 4 heteroatoms. The van der Waals surface area contributed by atoms with Gasteiger partial charge in [0.2, 0.25) is 0 Å². The number of carbonyl (C=O) groups is 1. The number of hydrogen-bond acceptors (Lipinski definition) is 3. The lowest BCUT2D eigenvalue weighted by molar-refractivity contribution is -0.142. The fourth-order valence-electron chi connectivity index (χ4n) is 1.51. The summed E-state index contributed by atoms with van der Waals surface area (Å²) in [5, 5.41) is 1.54. The summed E-state index contributed by atoms with van der Waals surface area (Å²) in [6.07, 6.45) is 0.153. The monoisotopic (exact) mass is 238 g/mol. The molecule has 0 amide bonds. The van der Waals surface area contributed by atoms with E-state index in [0.29, 0.717) is 17.4 Å². The Balaban J connectivity index is 2.23. The Kier molecular flexibility index (Phi) is 3.15. The molecule has 0 atom stereocenters. The van der Waals surface area contributed by atoms with Crippen LogP contribution in [-0.4, -0.2) is 12.6 Å². The van der Waals surface area contributed by atoms with Gasteiger partial charge < -0.3 is 9.15 Å². The highest BCUT2D eigenvalue weighted by Gasteiger charge is 2.09. The fraction of sp³-hybridized carbons (Fsp3) is 0.250. The van der Waals surface area contributed by atoms with Gasteiger partial charge in [-0.25, -0.2) is 0 Å². The number of halogens is 1. The first-order valence-corrected chi connectivity index (χ1v) is 5.40. The van der Waals surface area contributed by atoms with Crippen molar-refractivity contribution < 1.29 is 13.9 Å². The molecule has 16 heavy (non-hydrogen) atoms. The third-order valence-electron chi connectivity index (χ3n) is 2.15. The molecule has 0 spiro atoms. The van der Waals surface area contributed by atoms with Crippen LogP contribution >= 0.6 is 11.6 Å². The van der Waals surface area contributed by atoms with Crippen LogP contribution in [0.4, 0.5) is 0 Å². The van der Waals surface area contributed by atoms with Crippen molar-refractivity contribution in [3.8, 4) is 0 Å². The Morgan fingerprint density at radius 3 is 3.00 bits per heavy atom. The minimum Gasteiger partial charge on any atom is -0.466 e. The molecule has 0 aliphatic rings. The summed E-state index contributed by atoms with van der Waals surface area (Å²) in [4.78, 5) is 11.2. The first kappa shape index (κ1) is 11.0. The van der Waals surface area contributed by atoms with E-state index >= 15 is 0 Å². The molecule has 0 bridgehead atoms. The highest BCUT2D eigenvalue weighted by molar-refractivity contribution is 6.31.